The summed E-state index contributed by atoms with van der Waals surface area (Å²) in [6.45, 7) is 3.63. The lowest BCUT2D eigenvalue weighted by Crippen LogP contribution is -2.50. The molecule has 7 heteroatoms. The van der Waals surface area contributed by atoms with Crippen LogP contribution in [0.15, 0.2) is 10.6 Å². The standard InChI is InChI=1S/C11H15N3O4/c1-8(15)13-3-5-14(6-4-13)11(16)9-7-10(17-2)12-18-9/h7H,3-6H2,1-2H3. The normalized spacial score (nSPS) is 15.7. The van der Waals surface area contributed by atoms with E-state index in [4.69, 9.17) is 9.26 Å². The lowest BCUT2D eigenvalue weighted by Gasteiger charge is -2.33. The number of methoxy groups -OCH3 is 1. The van der Waals surface area contributed by atoms with E-state index in [1.807, 2.05) is 0 Å². The van der Waals surface area contributed by atoms with E-state index in [9.17, 15) is 9.59 Å². The van der Waals surface area contributed by atoms with Crippen molar-refractivity contribution >= 4 is 11.8 Å². The third-order valence-corrected chi connectivity index (χ3v) is 2.92. The lowest BCUT2D eigenvalue weighted by atomic mass is 10.3. The van der Waals surface area contributed by atoms with Gasteiger partial charge < -0.3 is 19.1 Å². The first-order valence-electron chi connectivity index (χ1n) is 5.67. The Bertz CT molecular complexity index is 449. The highest BCUT2D eigenvalue weighted by atomic mass is 16.5. The Labute approximate surface area is 104 Å². The van der Waals surface area contributed by atoms with E-state index in [1.54, 1.807) is 9.80 Å². The van der Waals surface area contributed by atoms with E-state index >= 15 is 0 Å². The molecule has 0 aromatic carbocycles. The van der Waals surface area contributed by atoms with Crippen LogP contribution in [0.1, 0.15) is 17.5 Å². The number of aromatic nitrogens is 1. The van der Waals surface area contributed by atoms with Gasteiger partial charge >= 0.3 is 0 Å². The Morgan fingerprint density at radius 1 is 1.28 bits per heavy atom. The fraction of sp³-hybridized carbons (Fsp3) is 0.545. The summed E-state index contributed by atoms with van der Waals surface area (Å²) < 4.78 is 9.75. The zero-order valence-corrected chi connectivity index (χ0v) is 10.4. The van der Waals surface area contributed by atoms with Crippen LogP contribution in [0.2, 0.25) is 0 Å². The van der Waals surface area contributed by atoms with Gasteiger partial charge in [-0.2, -0.15) is 0 Å². The molecule has 0 spiro atoms. The number of hydrogen-bond acceptors (Lipinski definition) is 5. The van der Waals surface area contributed by atoms with Crippen LogP contribution in [-0.2, 0) is 4.79 Å². The summed E-state index contributed by atoms with van der Waals surface area (Å²) in [5.41, 5.74) is 0. The Balaban J connectivity index is 1.97. The van der Waals surface area contributed by atoms with E-state index in [0.717, 1.165) is 0 Å². The molecule has 2 heterocycles. The molecule has 0 atom stereocenters. The molecule has 1 aliphatic rings. The van der Waals surface area contributed by atoms with Gasteiger partial charge in [-0.1, -0.05) is 0 Å². The van der Waals surface area contributed by atoms with Gasteiger partial charge in [0.05, 0.1) is 13.2 Å². The molecule has 7 nitrogen and oxygen atoms in total. The third-order valence-electron chi connectivity index (χ3n) is 2.92. The van der Waals surface area contributed by atoms with Crippen LogP contribution in [-0.4, -0.2) is 60.1 Å². The molecule has 0 radical (unpaired) electrons. The van der Waals surface area contributed by atoms with Gasteiger partial charge in [0.2, 0.25) is 11.7 Å². The summed E-state index contributed by atoms with van der Waals surface area (Å²) >= 11 is 0. The van der Waals surface area contributed by atoms with E-state index in [1.165, 1.54) is 20.1 Å². The van der Waals surface area contributed by atoms with Gasteiger partial charge in [-0.3, -0.25) is 9.59 Å². The quantitative estimate of drug-likeness (QED) is 0.740. The molecule has 0 bridgehead atoms. The minimum Gasteiger partial charge on any atom is -0.479 e. The Hall–Kier alpha value is -2.05. The van der Waals surface area contributed by atoms with Gasteiger partial charge in [-0.05, 0) is 5.16 Å². The molecule has 1 fully saturated rings. The minimum atomic E-state index is -0.228. The molecule has 1 aromatic rings. The predicted molar refractivity (Wildman–Crippen MR) is 61.2 cm³/mol. The average Bonchev–Trinajstić information content (AvgIpc) is 2.86. The van der Waals surface area contributed by atoms with Crippen molar-refractivity contribution < 1.29 is 18.8 Å². The maximum Gasteiger partial charge on any atom is 0.292 e. The zero-order chi connectivity index (χ0) is 13.1. The molecule has 98 valence electrons. The number of carbonyl (C=O) groups excluding carboxylic acids is 2. The summed E-state index contributed by atoms with van der Waals surface area (Å²) in [7, 11) is 1.46. The molecule has 2 rings (SSSR count). The maximum absolute atomic E-state index is 12.0. The second kappa shape index (κ2) is 5.07. The SMILES string of the molecule is COc1cc(C(=O)N2CCN(C(C)=O)CC2)on1. The van der Waals surface area contributed by atoms with Gasteiger partial charge in [0, 0.05) is 33.1 Å². The van der Waals surface area contributed by atoms with Crippen LogP contribution in [0.25, 0.3) is 0 Å². The van der Waals surface area contributed by atoms with Crippen molar-refractivity contribution in [2.24, 2.45) is 0 Å². The van der Waals surface area contributed by atoms with Crippen LogP contribution in [0.3, 0.4) is 0 Å². The molecule has 0 unspecified atom stereocenters. The molecule has 0 saturated carbocycles. The Morgan fingerprint density at radius 2 is 1.89 bits per heavy atom. The first-order valence-corrected chi connectivity index (χ1v) is 5.67. The summed E-state index contributed by atoms with van der Waals surface area (Å²) in [5, 5.41) is 3.58. The summed E-state index contributed by atoms with van der Waals surface area (Å²) in [6, 6.07) is 1.46. The molecule has 1 saturated heterocycles. The molecule has 0 aliphatic carbocycles. The van der Waals surface area contributed by atoms with Gasteiger partial charge in [0.25, 0.3) is 11.8 Å². The molecular weight excluding hydrogens is 238 g/mol. The Morgan fingerprint density at radius 3 is 2.39 bits per heavy atom. The average molecular weight is 253 g/mol. The smallest absolute Gasteiger partial charge is 0.292 e. The van der Waals surface area contributed by atoms with Crippen molar-refractivity contribution in [2.75, 3.05) is 33.3 Å². The molecule has 1 aliphatic heterocycles. The van der Waals surface area contributed by atoms with Crippen molar-refractivity contribution in [2.45, 2.75) is 6.92 Å². The molecule has 1 aromatic heterocycles. The molecule has 18 heavy (non-hydrogen) atoms. The molecule has 2 amide bonds. The topological polar surface area (TPSA) is 75.9 Å². The monoisotopic (exact) mass is 253 g/mol. The highest BCUT2D eigenvalue weighted by Gasteiger charge is 2.25. The van der Waals surface area contributed by atoms with Crippen LogP contribution >= 0.6 is 0 Å². The number of ether oxygens (including phenoxy) is 1. The van der Waals surface area contributed by atoms with Crippen molar-refractivity contribution in [3.63, 3.8) is 0 Å². The fourth-order valence-corrected chi connectivity index (χ4v) is 1.84. The summed E-state index contributed by atoms with van der Waals surface area (Å²) in [4.78, 5) is 26.6. The highest BCUT2D eigenvalue weighted by Crippen LogP contribution is 2.14. The van der Waals surface area contributed by atoms with Crippen LogP contribution in [0.5, 0.6) is 5.88 Å². The van der Waals surface area contributed by atoms with E-state index < -0.39 is 0 Å². The minimum absolute atomic E-state index is 0.0310. The van der Waals surface area contributed by atoms with E-state index in [2.05, 4.69) is 5.16 Å². The number of nitrogens with zero attached hydrogens (tertiary/aromatic N) is 3. The van der Waals surface area contributed by atoms with Crippen molar-refractivity contribution in [1.82, 2.24) is 15.0 Å². The number of amides is 2. The third kappa shape index (κ3) is 2.44. The van der Waals surface area contributed by atoms with Gasteiger partial charge in [-0.15, -0.1) is 0 Å². The van der Waals surface area contributed by atoms with Crippen LogP contribution in [0, 0.1) is 0 Å². The van der Waals surface area contributed by atoms with Crippen molar-refractivity contribution in [3.05, 3.63) is 11.8 Å². The van der Waals surface area contributed by atoms with Gasteiger partial charge in [0.15, 0.2) is 0 Å². The van der Waals surface area contributed by atoms with Crippen molar-refractivity contribution in [3.8, 4) is 5.88 Å². The first-order chi connectivity index (χ1) is 8.61. The van der Waals surface area contributed by atoms with E-state index in [-0.39, 0.29) is 23.5 Å². The molecular formula is C11H15N3O4. The lowest BCUT2D eigenvalue weighted by molar-refractivity contribution is -0.130. The predicted octanol–water partition coefficient (Wildman–Crippen LogP) is -0.0125. The number of piperazine rings is 1. The number of rotatable bonds is 2. The summed E-state index contributed by atoms with van der Waals surface area (Å²) in [6.07, 6.45) is 0. The van der Waals surface area contributed by atoms with Gasteiger partial charge in [0.1, 0.15) is 0 Å². The first kappa shape index (κ1) is 12.4. The maximum atomic E-state index is 12.0. The van der Waals surface area contributed by atoms with Gasteiger partial charge in [-0.25, -0.2) is 0 Å². The Kier molecular flexibility index (Phi) is 3.50. The molecule has 0 N–H and O–H groups in total. The number of carbonyl (C=O) groups is 2. The highest BCUT2D eigenvalue weighted by molar-refractivity contribution is 5.91. The van der Waals surface area contributed by atoms with Crippen molar-refractivity contribution in [1.29, 1.82) is 0 Å². The number of hydrogen-bond donors (Lipinski definition) is 0. The van der Waals surface area contributed by atoms with Crippen LogP contribution in [0.4, 0.5) is 0 Å². The zero-order valence-electron chi connectivity index (χ0n) is 10.4. The summed E-state index contributed by atoms with van der Waals surface area (Å²) in [5.74, 6) is 0.237. The second-order valence-corrected chi connectivity index (χ2v) is 4.03. The largest absolute Gasteiger partial charge is 0.479 e. The fourth-order valence-electron chi connectivity index (χ4n) is 1.84. The van der Waals surface area contributed by atoms with E-state index in [0.29, 0.717) is 26.2 Å². The van der Waals surface area contributed by atoms with Crippen LogP contribution < -0.4 is 4.74 Å². The second-order valence-electron chi connectivity index (χ2n) is 4.03.